The van der Waals surface area contributed by atoms with Gasteiger partial charge in [0.2, 0.25) is 0 Å². The van der Waals surface area contributed by atoms with E-state index in [2.05, 4.69) is 31.3 Å². The highest BCUT2D eigenvalue weighted by Gasteiger charge is 2.55. The zero-order valence-corrected chi connectivity index (χ0v) is 16.4. The SMILES string of the molecule is CCOP(=O)(OCC)[C@@]1(N[C@H](C)c2ccccc2)CCCC[C@@H]1C. The number of nitrogens with one attached hydrogen (secondary N) is 1. The standard InChI is InChI=1S/C19H32NO3P/c1-5-22-24(21,23-6-2)19(15-11-10-12-16(19)3)20-17(4)18-13-8-7-9-14-18/h7-9,13-14,16-17,20H,5-6,10-12,15H2,1-4H3/t16-,17+,19-/m0/s1. The molecule has 0 aromatic heterocycles. The molecular formula is C19H32NO3P. The Morgan fingerprint density at radius 2 is 1.83 bits per heavy atom. The Labute approximate surface area is 146 Å². The Bertz CT molecular complexity index is 541. The largest absolute Gasteiger partial charge is 0.350 e. The lowest BCUT2D eigenvalue weighted by atomic mass is 9.84. The van der Waals surface area contributed by atoms with Gasteiger partial charge >= 0.3 is 7.60 Å². The van der Waals surface area contributed by atoms with Crippen LogP contribution in [0.3, 0.4) is 0 Å². The van der Waals surface area contributed by atoms with Crippen LogP contribution in [0.2, 0.25) is 0 Å². The van der Waals surface area contributed by atoms with Crippen LogP contribution in [0.5, 0.6) is 0 Å². The first-order valence-corrected chi connectivity index (χ1v) is 10.7. The van der Waals surface area contributed by atoms with Gasteiger partial charge in [0.15, 0.2) is 0 Å². The smallest absolute Gasteiger partial charge is 0.308 e. The minimum Gasteiger partial charge on any atom is -0.308 e. The number of benzene rings is 1. The Morgan fingerprint density at radius 3 is 2.38 bits per heavy atom. The van der Waals surface area contributed by atoms with Gasteiger partial charge in [-0.3, -0.25) is 9.88 Å². The quantitative estimate of drug-likeness (QED) is 0.626. The highest BCUT2D eigenvalue weighted by molar-refractivity contribution is 7.55. The summed E-state index contributed by atoms with van der Waals surface area (Å²) in [5.41, 5.74) is 1.19. The average Bonchev–Trinajstić information content (AvgIpc) is 2.58. The van der Waals surface area contributed by atoms with Gasteiger partial charge in [0.25, 0.3) is 0 Å². The van der Waals surface area contributed by atoms with Crippen LogP contribution in [0.1, 0.15) is 65.0 Å². The van der Waals surface area contributed by atoms with Crippen LogP contribution < -0.4 is 5.32 Å². The minimum absolute atomic E-state index is 0.0842. The number of hydrogen-bond donors (Lipinski definition) is 1. The summed E-state index contributed by atoms with van der Waals surface area (Å²) >= 11 is 0. The van der Waals surface area contributed by atoms with E-state index in [0.717, 1.165) is 19.3 Å². The van der Waals surface area contributed by atoms with Crippen LogP contribution in [0.15, 0.2) is 30.3 Å². The van der Waals surface area contributed by atoms with Crippen LogP contribution in [0.4, 0.5) is 0 Å². The van der Waals surface area contributed by atoms with E-state index in [1.165, 1.54) is 12.0 Å². The van der Waals surface area contributed by atoms with Crippen molar-refractivity contribution in [1.82, 2.24) is 5.32 Å². The second-order valence-corrected chi connectivity index (χ2v) is 8.99. The third kappa shape index (κ3) is 3.94. The summed E-state index contributed by atoms with van der Waals surface area (Å²) < 4.78 is 25.3. The van der Waals surface area contributed by atoms with Gasteiger partial charge in [-0.2, -0.15) is 0 Å². The van der Waals surface area contributed by atoms with Crippen molar-refractivity contribution in [2.75, 3.05) is 13.2 Å². The van der Waals surface area contributed by atoms with E-state index < -0.39 is 12.9 Å². The monoisotopic (exact) mass is 353 g/mol. The molecule has 0 bridgehead atoms. The fraction of sp³-hybridized carbons (Fsp3) is 0.684. The summed E-state index contributed by atoms with van der Waals surface area (Å²) in [5, 5.41) is 3.08. The number of rotatable bonds is 8. The fourth-order valence-electron chi connectivity index (χ4n) is 3.84. The normalized spacial score (nSPS) is 26.2. The molecular weight excluding hydrogens is 321 g/mol. The zero-order valence-electron chi connectivity index (χ0n) is 15.5. The van der Waals surface area contributed by atoms with Crippen molar-refractivity contribution in [3.05, 3.63) is 35.9 Å². The fourth-order valence-corrected chi connectivity index (χ4v) is 6.51. The molecule has 3 atom stereocenters. The molecule has 1 aliphatic carbocycles. The minimum atomic E-state index is -3.27. The van der Waals surface area contributed by atoms with Crippen LogP contribution in [-0.4, -0.2) is 18.5 Å². The summed E-state index contributed by atoms with van der Waals surface area (Å²) in [7, 11) is -3.27. The molecule has 5 heteroatoms. The van der Waals surface area contributed by atoms with E-state index in [9.17, 15) is 4.57 Å². The predicted molar refractivity (Wildman–Crippen MR) is 99.2 cm³/mol. The molecule has 4 nitrogen and oxygen atoms in total. The van der Waals surface area contributed by atoms with Crippen molar-refractivity contribution in [1.29, 1.82) is 0 Å². The third-order valence-electron chi connectivity index (χ3n) is 5.11. The highest BCUT2D eigenvalue weighted by atomic mass is 31.2. The Hall–Kier alpha value is -0.670. The lowest BCUT2D eigenvalue weighted by molar-refractivity contribution is 0.131. The second-order valence-electron chi connectivity index (χ2n) is 6.68. The second kappa shape index (κ2) is 8.62. The highest BCUT2D eigenvalue weighted by Crippen LogP contribution is 2.65. The molecule has 1 saturated carbocycles. The predicted octanol–water partition coefficient (Wildman–Crippen LogP) is 5.51. The van der Waals surface area contributed by atoms with Crippen molar-refractivity contribution in [2.24, 2.45) is 5.92 Å². The van der Waals surface area contributed by atoms with Gasteiger partial charge in [-0.05, 0) is 45.1 Å². The van der Waals surface area contributed by atoms with Gasteiger partial charge in [0.05, 0.1) is 13.2 Å². The summed E-state index contributed by atoms with van der Waals surface area (Å²) in [5.74, 6) is 0.237. The maximum atomic E-state index is 13.8. The van der Waals surface area contributed by atoms with Crippen molar-refractivity contribution in [3.8, 4) is 0 Å². The van der Waals surface area contributed by atoms with E-state index in [1.54, 1.807) is 0 Å². The van der Waals surface area contributed by atoms with Gasteiger partial charge < -0.3 is 9.05 Å². The van der Waals surface area contributed by atoms with Crippen LogP contribution in [0, 0.1) is 5.92 Å². The molecule has 1 aromatic carbocycles. The van der Waals surface area contributed by atoms with Crippen LogP contribution >= 0.6 is 7.60 Å². The summed E-state index contributed by atoms with van der Waals surface area (Å²) in [6, 6.07) is 10.4. The third-order valence-corrected chi connectivity index (χ3v) is 8.08. The van der Waals surface area contributed by atoms with Gasteiger partial charge in [-0.15, -0.1) is 0 Å². The van der Waals surface area contributed by atoms with Gasteiger partial charge in [-0.1, -0.05) is 50.1 Å². The molecule has 1 N–H and O–H groups in total. The molecule has 0 radical (unpaired) electrons. The van der Waals surface area contributed by atoms with Crippen molar-refractivity contribution in [2.45, 2.75) is 64.7 Å². The topological polar surface area (TPSA) is 47.6 Å². The van der Waals surface area contributed by atoms with Crippen LogP contribution in [-0.2, 0) is 13.6 Å². The van der Waals surface area contributed by atoms with E-state index in [-0.39, 0.29) is 12.0 Å². The molecule has 0 amide bonds. The Balaban J connectivity index is 2.38. The van der Waals surface area contributed by atoms with E-state index in [1.807, 2.05) is 32.0 Å². The molecule has 136 valence electrons. The number of hydrogen-bond acceptors (Lipinski definition) is 4. The molecule has 0 aliphatic heterocycles. The van der Waals surface area contributed by atoms with Crippen molar-refractivity contribution < 1.29 is 13.6 Å². The Kier molecular flexibility index (Phi) is 7.06. The molecule has 1 aliphatic rings. The van der Waals surface area contributed by atoms with E-state index in [0.29, 0.717) is 13.2 Å². The Morgan fingerprint density at radius 1 is 1.21 bits per heavy atom. The first kappa shape index (κ1) is 19.7. The van der Waals surface area contributed by atoms with Crippen molar-refractivity contribution >= 4 is 7.60 Å². The van der Waals surface area contributed by atoms with E-state index in [4.69, 9.17) is 9.05 Å². The molecule has 0 heterocycles. The lowest BCUT2D eigenvalue weighted by Gasteiger charge is -2.48. The molecule has 1 fully saturated rings. The van der Waals surface area contributed by atoms with E-state index >= 15 is 0 Å². The van der Waals surface area contributed by atoms with Gasteiger partial charge in [-0.25, -0.2) is 0 Å². The van der Waals surface area contributed by atoms with Gasteiger partial charge in [0.1, 0.15) is 5.28 Å². The molecule has 0 spiro atoms. The first-order valence-electron chi connectivity index (χ1n) is 9.21. The first-order chi connectivity index (χ1) is 11.5. The maximum Gasteiger partial charge on any atom is 0.350 e. The maximum absolute atomic E-state index is 13.8. The van der Waals surface area contributed by atoms with Crippen molar-refractivity contribution in [3.63, 3.8) is 0 Å². The molecule has 0 unspecified atom stereocenters. The molecule has 1 aromatic rings. The summed E-state index contributed by atoms with van der Waals surface area (Å²) in [6.45, 7) is 8.86. The average molecular weight is 353 g/mol. The molecule has 24 heavy (non-hydrogen) atoms. The molecule has 2 rings (SSSR count). The van der Waals surface area contributed by atoms with Crippen LogP contribution in [0.25, 0.3) is 0 Å². The lowest BCUT2D eigenvalue weighted by Crippen LogP contribution is -2.53. The van der Waals surface area contributed by atoms with Gasteiger partial charge in [0, 0.05) is 6.04 Å². The summed E-state index contributed by atoms with van der Waals surface area (Å²) in [6.07, 6.45) is 4.08. The summed E-state index contributed by atoms with van der Waals surface area (Å²) in [4.78, 5) is 0. The molecule has 0 saturated heterocycles. The zero-order chi connectivity index (χ0) is 17.6.